The van der Waals surface area contributed by atoms with Crippen molar-refractivity contribution in [3.63, 3.8) is 0 Å². The van der Waals surface area contributed by atoms with Crippen LogP contribution in [0.1, 0.15) is 43.0 Å². The number of carbonyl (C=O) groups excluding carboxylic acids is 3. The summed E-state index contributed by atoms with van der Waals surface area (Å²) < 4.78 is 93.4. The Labute approximate surface area is 219 Å². The number of hydrogen-bond acceptors (Lipinski definition) is 7. The second-order valence-corrected chi connectivity index (χ2v) is 9.13. The van der Waals surface area contributed by atoms with E-state index in [0.717, 1.165) is 38.5 Å². The molecule has 0 bridgehead atoms. The Kier molecular flexibility index (Phi) is 9.53. The molecule has 0 aliphatic carbocycles. The molecule has 0 radical (unpaired) electrons. The molecule has 0 aliphatic heterocycles. The van der Waals surface area contributed by atoms with Gasteiger partial charge in [-0.2, -0.15) is 26.3 Å². The molecule has 7 nitrogen and oxygen atoms in total. The van der Waals surface area contributed by atoms with Gasteiger partial charge in [-0.25, -0.2) is 4.79 Å². The van der Waals surface area contributed by atoms with Gasteiger partial charge in [-0.15, -0.1) is 0 Å². The van der Waals surface area contributed by atoms with Gasteiger partial charge in [0.1, 0.15) is 5.60 Å². The lowest BCUT2D eigenvalue weighted by Crippen LogP contribution is -2.44. The van der Waals surface area contributed by atoms with Gasteiger partial charge in [-0.05, 0) is 45.0 Å². The highest BCUT2D eigenvalue weighted by Gasteiger charge is 2.44. The Hall–Kier alpha value is -3.90. The minimum atomic E-state index is -4.69. The van der Waals surface area contributed by atoms with Crippen LogP contribution in [0.5, 0.6) is 0 Å². The Balaban J connectivity index is 2.84. The first-order chi connectivity index (χ1) is 17.9. The highest BCUT2D eigenvalue weighted by Crippen LogP contribution is 2.32. The summed E-state index contributed by atoms with van der Waals surface area (Å²) in [5.41, 5.74) is -3.61. The number of halogens is 6. The van der Waals surface area contributed by atoms with E-state index in [1.54, 1.807) is 0 Å². The molecule has 2 rings (SSSR count). The molecule has 0 spiro atoms. The maximum Gasteiger partial charge on any atom is 0.416 e. The van der Waals surface area contributed by atoms with E-state index in [-0.39, 0.29) is 16.8 Å². The molecular formula is C26H25F6NO6. The van der Waals surface area contributed by atoms with Gasteiger partial charge in [0.05, 0.1) is 31.1 Å². The van der Waals surface area contributed by atoms with Crippen LogP contribution in [0.3, 0.4) is 0 Å². The van der Waals surface area contributed by atoms with Crippen molar-refractivity contribution in [1.29, 1.82) is 0 Å². The smallest absolute Gasteiger partial charge is 0.416 e. The van der Waals surface area contributed by atoms with Gasteiger partial charge >= 0.3 is 30.3 Å². The number of carbonyl (C=O) groups is 3. The van der Waals surface area contributed by atoms with E-state index >= 15 is 0 Å². The van der Waals surface area contributed by atoms with E-state index < -0.39 is 58.9 Å². The molecule has 0 aliphatic rings. The second kappa shape index (κ2) is 11.9. The van der Waals surface area contributed by atoms with Crippen LogP contribution in [0.15, 0.2) is 53.5 Å². The zero-order chi connectivity index (χ0) is 29.8. The van der Waals surface area contributed by atoms with Crippen LogP contribution in [0.2, 0.25) is 0 Å². The fourth-order valence-electron chi connectivity index (χ4n) is 3.32. The number of benzene rings is 2. The first kappa shape index (κ1) is 31.3. The van der Waals surface area contributed by atoms with Crippen LogP contribution >= 0.6 is 0 Å². The van der Waals surface area contributed by atoms with E-state index in [2.05, 4.69) is 14.5 Å². The van der Waals surface area contributed by atoms with Crippen molar-refractivity contribution in [3.8, 4) is 0 Å². The van der Waals surface area contributed by atoms with Crippen molar-refractivity contribution in [2.75, 3.05) is 14.2 Å². The van der Waals surface area contributed by atoms with Gasteiger partial charge in [0.25, 0.3) is 0 Å². The maximum absolute atomic E-state index is 13.2. The molecule has 13 heteroatoms. The highest BCUT2D eigenvalue weighted by molar-refractivity contribution is 6.14. The molecule has 0 amide bonds. The van der Waals surface area contributed by atoms with Crippen LogP contribution in [0.4, 0.5) is 26.3 Å². The number of alkyl halides is 6. The van der Waals surface area contributed by atoms with Gasteiger partial charge in [-0.1, -0.05) is 24.3 Å². The number of methoxy groups -OCH3 is 2. The zero-order valence-electron chi connectivity index (χ0n) is 21.4. The van der Waals surface area contributed by atoms with Crippen molar-refractivity contribution >= 4 is 23.6 Å². The summed E-state index contributed by atoms with van der Waals surface area (Å²) in [6.45, 7) is 4.47. The number of hydrogen-bond donors (Lipinski definition) is 0. The minimum absolute atomic E-state index is 0.0650. The molecular weight excluding hydrogens is 536 g/mol. The predicted octanol–water partition coefficient (Wildman–Crippen LogP) is 5.23. The number of ether oxygens (including phenoxy) is 3. The summed E-state index contributed by atoms with van der Waals surface area (Å²) in [6.07, 6.45) is -9.38. The summed E-state index contributed by atoms with van der Waals surface area (Å²) in [6, 6.07) is 4.76. The number of esters is 3. The molecule has 0 unspecified atom stereocenters. The van der Waals surface area contributed by atoms with E-state index in [1.807, 2.05) is 0 Å². The highest BCUT2D eigenvalue weighted by atomic mass is 19.4. The van der Waals surface area contributed by atoms with Crippen LogP contribution in [0, 0.1) is 5.92 Å². The normalized spacial score (nSPS) is 12.9. The number of aliphatic imine (C=N–C) groups is 1. The SMILES string of the molecule is COC(=O)C(C(=O)OC)[C@H](N=C(c1ccc(C(F)(F)F)cc1)c1ccc(C(F)(F)F)cc1)C(=O)OC(C)(C)C. The predicted molar refractivity (Wildman–Crippen MR) is 126 cm³/mol. The zero-order valence-corrected chi connectivity index (χ0v) is 21.4. The summed E-state index contributed by atoms with van der Waals surface area (Å²) in [4.78, 5) is 42.4. The first-order valence-corrected chi connectivity index (χ1v) is 11.2. The molecule has 0 aromatic heterocycles. The lowest BCUT2D eigenvalue weighted by atomic mass is 9.96. The van der Waals surface area contributed by atoms with Crippen molar-refractivity contribution < 1.29 is 54.9 Å². The van der Waals surface area contributed by atoms with Gasteiger partial charge in [0.2, 0.25) is 0 Å². The summed E-state index contributed by atoms with van der Waals surface area (Å²) in [5, 5.41) is 0. The Morgan fingerprint density at radius 1 is 0.667 bits per heavy atom. The molecule has 0 saturated heterocycles. The lowest BCUT2D eigenvalue weighted by molar-refractivity contribution is -0.169. The van der Waals surface area contributed by atoms with Gasteiger partial charge in [0.15, 0.2) is 12.0 Å². The summed E-state index contributed by atoms with van der Waals surface area (Å²) in [5.74, 6) is -5.67. The molecule has 2 aromatic carbocycles. The Morgan fingerprint density at radius 3 is 1.31 bits per heavy atom. The quantitative estimate of drug-likeness (QED) is 0.151. The molecule has 0 saturated carbocycles. The lowest BCUT2D eigenvalue weighted by Gasteiger charge is -2.25. The van der Waals surface area contributed by atoms with E-state index in [9.17, 15) is 40.7 Å². The molecule has 0 fully saturated rings. The third-order valence-corrected chi connectivity index (χ3v) is 5.11. The van der Waals surface area contributed by atoms with Crippen molar-refractivity contribution in [2.45, 2.75) is 44.8 Å². The van der Waals surface area contributed by atoms with Crippen LogP contribution in [-0.2, 0) is 40.9 Å². The fourth-order valence-corrected chi connectivity index (χ4v) is 3.32. The molecule has 39 heavy (non-hydrogen) atoms. The largest absolute Gasteiger partial charge is 0.468 e. The third-order valence-electron chi connectivity index (χ3n) is 5.11. The average Bonchev–Trinajstić information content (AvgIpc) is 2.83. The number of nitrogens with zero attached hydrogens (tertiary/aromatic N) is 1. The molecule has 0 heterocycles. The second-order valence-electron chi connectivity index (χ2n) is 9.13. The van der Waals surface area contributed by atoms with Crippen LogP contribution < -0.4 is 0 Å². The number of rotatable bonds is 7. The van der Waals surface area contributed by atoms with Crippen LogP contribution in [0.25, 0.3) is 0 Å². The van der Waals surface area contributed by atoms with E-state index in [4.69, 9.17) is 4.74 Å². The van der Waals surface area contributed by atoms with Crippen molar-refractivity contribution in [3.05, 3.63) is 70.8 Å². The molecule has 0 N–H and O–H groups in total. The first-order valence-electron chi connectivity index (χ1n) is 11.2. The van der Waals surface area contributed by atoms with Gasteiger partial charge in [0, 0.05) is 11.1 Å². The standard InChI is InChI=1S/C26H25F6NO6/c1-24(2,3)39-23(36)20(18(21(34)37-4)22(35)38-5)33-19(14-6-10-16(11-7-14)25(27,28)29)15-8-12-17(13-9-15)26(30,31)32/h6-13,18,20H,1-5H3/t20-/m0/s1. The van der Waals surface area contributed by atoms with Gasteiger partial charge in [-0.3, -0.25) is 14.6 Å². The average molecular weight is 561 g/mol. The molecule has 1 atom stereocenters. The van der Waals surface area contributed by atoms with Crippen molar-refractivity contribution in [1.82, 2.24) is 0 Å². The van der Waals surface area contributed by atoms with E-state index in [0.29, 0.717) is 24.3 Å². The van der Waals surface area contributed by atoms with Crippen molar-refractivity contribution in [2.24, 2.45) is 10.9 Å². The van der Waals surface area contributed by atoms with Crippen LogP contribution in [-0.4, -0.2) is 49.5 Å². The monoisotopic (exact) mass is 561 g/mol. The van der Waals surface area contributed by atoms with E-state index in [1.165, 1.54) is 20.8 Å². The Bertz CT molecular complexity index is 1140. The summed E-state index contributed by atoms with van der Waals surface area (Å²) in [7, 11) is 1.86. The minimum Gasteiger partial charge on any atom is -0.468 e. The van der Waals surface area contributed by atoms with Gasteiger partial charge < -0.3 is 14.2 Å². The topological polar surface area (TPSA) is 91.3 Å². The fraction of sp³-hybridized carbons (Fsp3) is 0.385. The molecule has 212 valence electrons. The molecule has 2 aromatic rings. The Morgan fingerprint density at radius 2 is 1.03 bits per heavy atom. The third kappa shape index (κ3) is 8.29. The summed E-state index contributed by atoms with van der Waals surface area (Å²) >= 11 is 0. The maximum atomic E-state index is 13.2.